The van der Waals surface area contributed by atoms with Crippen LogP contribution >= 0.6 is 0 Å². The summed E-state index contributed by atoms with van der Waals surface area (Å²) in [6, 6.07) is 6.76. The highest BCUT2D eigenvalue weighted by molar-refractivity contribution is 5.78. The van der Waals surface area contributed by atoms with Crippen LogP contribution in [0, 0.1) is 17.7 Å². The smallest absolute Gasteiger partial charge is 0.225 e. The van der Waals surface area contributed by atoms with Crippen LogP contribution in [0.25, 0.3) is 0 Å². The number of aromatic nitrogens is 2. The number of carbonyl (C=O) groups excluding carboxylic acids is 1. The number of nitrogens with zero attached hydrogens (tertiary/aromatic N) is 3. The molecular formula is C19H24FN3O. The normalized spacial score (nSPS) is 14.2. The van der Waals surface area contributed by atoms with Gasteiger partial charge in [-0.05, 0) is 24.8 Å². The molecule has 0 N–H and O–H groups in total. The highest BCUT2D eigenvalue weighted by atomic mass is 19.1. The first kappa shape index (κ1) is 16.7. The molecule has 0 spiro atoms. The average Bonchev–Trinajstić information content (AvgIpc) is 3.27. The van der Waals surface area contributed by atoms with Gasteiger partial charge in [0.1, 0.15) is 11.6 Å². The standard InChI is InChI=1S/C19H24FN3O/c1-14(2)19(24)23(11-15-7-8-15)13-18-21-9-10-22(18)12-16-5-3-4-6-17(16)20/h3-6,9-10,14-15H,7-8,11-13H2,1-2H3. The Bertz CT molecular complexity index is 706. The summed E-state index contributed by atoms with van der Waals surface area (Å²) in [5.74, 6) is 1.34. The van der Waals surface area contributed by atoms with E-state index < -0.39 is 0 Å². The van der Waals surface area contributed by atoms with Crippen molar-refractivity contribution in [1.82, 2.24) is 14.5 Å². The van der Waals surface area contributed by atoms with Gasteiger partial charge < -0.3 is 9.47 Å². The molecule has 1 amide bonds. The van der Waals surface area contributed by atoms with E-state index in [1.54, 1.807) is 18.3 Å². The molecule has 1 fully saturated rings. The van der Waals surface area contributed by atoms with Gasteiger partial charge in [-0.1, -0.05) is 32.0 Å². The van der Waals surface area contributed by atoms with Gasteiger partial charge in [-0.15, -0.1) is 0 Å². The van der Waals surface area contributed by atoms with E-state index in [0.717, 1.165) is 12.4 Å². The van der Waals surface area contributed by atoms with E-state index in [-0.39, 0.29) is 17.6 Å². The molecule has 3 rings (SSSR count). The van der Waals surface area contributed by atoms with E-state index >= 15 is 0 Å². The Morgan fingerprint density at radius 1 is 1.38 bits per heavy atom. The Balaban J connectivity index is 1.75. The fraction of sp³-hybridized carbons (Fsp3) is 0.474. The van der Waals surface area contributed by atoms with Crippen LogP contribution in [-0.4, -0.2) is 26.9 Å². The first-order chi connectivity index (χ1) is 11.5. The van der Waals surface area contributed by atoms with Gasteiger partial charge >= 0.3 is 0 Å². The minimum atomic E-state index is -0.217. The molecule has 0 aliphatic heterocycles. The predicted octanol–water partition coefficient (Wildman–Crippen LogP) is 3.47. The van der Waals surface area contributed by atoms with Crippen LogP contribution in [0.2, 0.25) is 0 Å². The highest BCUT2D eigenvalue weighted by Gasteiger charge is 2.28. The van der Waals surface area contributed by atoms with Crippen molar-refractivity contribution < 1.29 is 9.18 Å². The summed E-state index contributed by atoms with van der Waals surface area (Å²) in [7, 11) is 0. The maximum absolute atomic E-state index is 13.9. The molecule has 1 saturated carbocycles. The fourth-order valence-electron chi connectivity index (χ4n) is 2.83. The summed E-state index contributed by atoms with van der Waals surface area (Å²) in [6.07, 6.45) is 5.96. The van der Waals surface area contributed by atoms with E-state index in [2.05, 4.69) is 4.98 Å². The molecule has 5 heteroatoms. The van der Waals surface area contributed by atoms with Crippen LogP contribution in [0.4, 0.5) is 4.39 Å². The molecule has 1 aliphatic rings. The van der Waals surface area contributed by atoms with E-state index in [1.165, 1.54) is 18.9 Å². The van der Waals surface area contributed by atoms with Gasteiger partial charge in [0.05, 0.1) is 13.1 Å². The van der Waals surface area contributed by atoms with E-state index in [9.17, 15) is 9.18 Å². The molecule has 1 aromatic carbocycles. The minimum absolute atomic E-state index is 0.0290. The second-order valence-corrected chi connectivity index (χ2v) is 6.88. The molecule has 0 bridgehead atoms. The second-order valence-electron chi connectivity index (χ2n) is 6.88. The molecule has 4 nitrogen and oxygen atoms in total. The van der Waals surface area contributed by atoms with Crippen molar-refractivity contribution in [1.29, 1.82) is 0 Å². The number of rotatable bonds is 7. The molecule has 24 heavy (non-hydrogen) atoms. The SMILES string of the molecule is CC(C)C(=O)N(Cc1nccn1Cc1ccccc1F)CC1CC1. The zero-order valence-corrected chi connectivity index (χ0v) is 14.3. The van der Waals surface area contributed by atoms with Crippen LogP contribution < -0.4 is 0 Å². The lowest BCUT2D eigenvalue weighted by Crippen LogP contribution is -2.36. The first-order valence-electron chi connectivity index (χ1n) is 8.56. The molecule has 1 aromatic heterocycles. The van der Waals surface area contributed by atoms with Crippen molar-refractivity contribution in [3.05, 3.63) is 53.9 Å². The Kier molecular flexibility index (Phi) is 4.97. The monoisotopic (exact) mass is 329 g/mol. The van der Waals surface area contributed by atoms with E-state index in [0.29, 0.717) is 24.6 Å². The third-order valence-electron chi connectivity index (χ3n) is 4.41. The van der Waals surface area contributed by atoms with Gasteiger partial charge in [0.15, 0.2) is 0 Å². The molecule has 0 unspecified atom stereocenters. The summed E-state index contributed by atoms with van der Waals surface area (Å²) < 4.78 is 15.8. The number of benzene rings is 1. The predicted molar refractivity (Wildman–Crippen MR) is 90.7 cm³/mol. The minimum Gasteiger partial charge on any atom is -0.335 e. The van der Waals surface area contributed by atoms with Crippen LogP contribution in [0.3, 0.4) is 0 Å². The maximum atomic E-state index is 13.9. The lowest BCUT2D eigenvalue weighted by Gasteiger charge is -2.24. The first-order valence-corrected chi connectivity index (χ1v) is 8.56. The summed E-state index contributed by atoms with van der Waals surface area (Å²) in [5.41, 5.74) is 0.626. The fourth-order valence-corrected chi connectivity index (χ4v) is 2.83. The second kappa shape index (κ2) is 7.16. The largest absolute Gasteiger partial charge is 0.335 e. The zero-order chi connectivity index (χ0) is 17.1. The summed E-state index contributed by atoms with van der Waals surface area (Å²) in [4.78, 5) is 18.8. The van der Waals surface area contributed by atoms with Crippen LogP contribution in [-0.2, 0) is 17.9 Å². The van der Waals surface area contributed by atoms with Gasteiger partial charge in [-0.25, -0.2) is 9.37 Å². The molecule has 2 aromatic rings. The molecule has 1 aliphatic carbocycles. The zero-order valence-electron chi connectivity index (χ0n) is 14.3. The van der Waals surface area contributed by atoms with Crippen molar-refractivity contribution >= 4 is 5.91 Å². The molecular weight excluding hydrogens is 305 g/mol. The number of halogens is 1. The maximum Gasteiger partial charge on any atom is 0.225 e. The van der Waals surface area contributed by atoms with Crippen molar-refractivity contribution in [3.63, 3.8) is 0 Å². The van der Waals surface area contributed by atoms with Gasteiger partial charge in [-0.3, -0.25) is 4.79 Å². The Morgan fingerprint density at radius 3 is 2.79 bits per heavy atom. The van der Waals surface area contributed by atoms with Crippen molar-refractivity contribution in [2.24, 2.45) is 11.8 Å². The topological polar surface area (TPSA) is 38.1 Å². The Morgan fingerprint density at radius 2 is 2.12 bits per heavy atom. The number of hydrogen-bond acceptors (Lipinski definition) is 2. The molecule has 1 heterocycles. The molecule has 128 valence electrons. The lowest BCUT2D eigenvalue weighted by molar-refractivity contribution is -0.135. The quantitative estimate of drug-likeness (QED) is 0.780. The summed E-state index contributed by atoms with van der Waals surface area (Å²) in [6.45, 7) is 5.55. The number of imidazole rings is 1. The van der Waals surface area contributed by atoms with Crippen molar-refractivity contribution in [2.45, 2.75) is 39.8 Å². The third kappa shape index (κ3) is 4.02. The average molecular weight is 329 g/mol. The summed E-state index contributed by atoms with van der Waals surface area (Å²) in [5, 5.41) is 0. The van der Waals surface area contributed by atoms with Gasteiger partial charge in [0.2, 0.25) is 5.91 Å². The van der Waals surface area contributed by atoms with Crippen LogP contribution in [0.5, 0.6) is 0 Å². The third-order valence-corrected chi connectivity index (χ3v) is 4.41. The van der Waals surface area contributed by atoms with Gasteiger partial charge in [0.25, 0.3) is 0 Å². The van der Waals surface area contributed by atoms with E-state index in [1.807, 2.05) is 35.6 Å². The van der Waals surface area contributed by atoms with Gasteiger partial charge in [0, 0.05) is 30.4 Å². The van der Waals surface area contributed by atoms with E-state index in [4.69, 9.17) is 0 Å². The highest BCUT2D eigenvalue weighted by Crippen LogP contribution is 2.30. The van der Waals surface area contributed by atoms with Gasteiger partial charge in [-0.2, -0.15) is 0 Å². The number of amides is 1. The molecule has 0 saturated heterocycles. The lowest BCUT2D eigenvalue weighted by atomic mass is 10.1. The Labute approximate surface area is 142 Å². The summed E-state index contributed by atoms with van der Waals surface area (Å²) >= 11 is 0. The Hall–Kier alpha value is -2.17. The van der Waals surface area contributed by atoms with Crippen molar-refractivity contribution in [3.8, 4) is 0 Å². The number of hydrogen-bond donors (Lipinski definition) is 0. The molecule has 0 radical (unpaired) electrons. The molecule has 0 atom stereocenters. The number of carbonyl (C=O) groups is 1. The van der Waals surface area contributed by atoms with Crippen molar-refractivity contribution in [2.75, 3.05) is 6.54 Å². The van der Waals surface area contributed by atoms with Crippen LogP contribution in [0.1, 0.15) is 38.1 Å². The van der Waals surface area contributed by atoms with Crippen LogP contribution in [0.15, 0.2) is 36.7 Å².